The van der Waals surface area contributed by atoms with E-state index in [0.29, 0.717) is 27.6 Å². The van der Waals surface area contributed by atoms with E-state index in [1.165, 1.54) is 27.8 Å². The highest BCUT2D eigenvalue weighted by Crippen LogP contribution is 2.32. The van der Waals surface area contributed by atoms with Crippen LogP contribution in [0.15, 0.2) is 29.4 Å². The number of benzene rings is 1. The van der Waals surface area contributed by atoms with Gasteiger partial charge < -0.3 is 0 Å². The van der Waals surface area contributed by atoms with E-state index in [1.54, 1.807) is 26.0 Å². The molecule has 1 heterocycles. The number of amides is 1. The SMILES string of the molecule is C/C(=N/NC(=O)c1cc2c(s1)CC[C@H](C)C2)c1ccc(C)c([N+](=O)[O-])c1. The van der Waals surface area contributed by atoms with Gasteiger partial charge in [-0.2, -0.15) is 5.10 Å². The summed E-state index contributed by atoms with van der Waals surface area (Å²) in [5.74, 6) is 0.420. The van der Waals surface area contributed by atoms with Crippen LogP contribution >= 0.6 is 11.3 Å². The summed E-state index contributed by atoms with van der Waals surface area (Å²) in [4.78, 5) is 25.0. The Hall–Kier alpha value is -2.54. The Labute approximate surface area is 156 Å². The average Bonchev–Trinajstić information content (AvgIpc) is 3.02. The van der Waals surface area contributed by atoms with Crippen molar-refractivity contribution in [1.82, 2.24) is 5.43 Å². The maximum atomic E-state index is 12.4. The Kier molecular flexibility index (Phi) is 5.18. The number of thiophene rings is 1. The first kappa shape index (κ1) is 18.3. The van der Waals surface area contributed by atoms with Crippen LogP contribution in [0.3, 0.4) is 0 Å². The lowest BCUT2D eigenvalue weighted by Crippen LogP contribution is -2.18. The molecule has 1 aliphatic carbocycles. The molecule has 136 valence electrons. The fourth-order valence-corrected chi connectivity index (χ4v) is 4.20. The van der Waals surface area contributed by atoms with Crippen LogP contribution in [0.4, 0.5) is 5.69 Å². The van der Waals surface area contributed by atoms with E-state index in [4.69, 9.17) is 0 Å². The van der Waals surface area contributed by atoms with Crippen LogP contribution < -0.4 is 5.43 Å². The van der Waals surface area contributed by atoms with Gasteiger partial charge in [-0.3, -0.25) is 14.9 Å². The molecule has 1 aromatic heterocycles. The maximum Gasteiger partial charge on any atom is 0.281 e. The van der Waals surface area contributed by atoms with E-state index in [9.17, 15) is 14.9 Å². The van der Waals surface area contributed by atoms with E-state index in [2.05, 4.69) is 17.5 Å². The van der Waals surface area contributed by atoms with E-state index in [-0.39, 0.29) is 11.6 Å². The van der Waals surface area contributed by atoms with Crippen LogP contribution in [0.1, 0.15) is 51.5 Å². The number of nitrogens with one attached hydrogen (secondary N) is 1. The van der Waals surface area contributed by atoms with Crippen LogP contribution in [0.25, 0.3) is 0 Å². The minimum absolute atomic E-state index is 0.0448. The Morgan fingerprint density at radius 2 is 2.15 bits per heavy atom. The van der Waals surface area contributed by atoms with Gasteiger partial charge in [0.15, 0.2) is 0 Å². The zero-order valence-corrected chi connectivity index (χ0v) is 15.9. The number of hydrogen-bond acceptors (Lipinski definition) is 5. The third kappa shape index (κ3) is 3.83. The molecule has 26 heavy (non-hydrogen) atoms. The normalized spacial score (nSPS) is 16.9. The molecular formula is C19H21N3O3S. The Bertz CT molecular complexity index is 901. The highest BCUT2D eigenvalue weighted by molar-refractivity contribution is 7.14. The van der Waals surface area contributed by atoms with Gasteiger partial charge in [-0.25, -0.2) is 5.43 Å². The van der Waals surface area contributed by atoms with Crippen molar-refractivity contribution in [2.75, 3.05) is 0 Å². The molecule has 2 aromatic rings. The maximum absolute atomic E-state index is 12.4. The molecule has 3 rings (SSSR count). The van der Waals surface area contributed by atoms with E-state index >= 15 is 0 Å². The second-order valence-electron chi connectivity index (χ2n) is 6.80. The van der Waals surface area contributed by atoms with Crippen molar-refractivity contribution in [2.24, 2.45) is 11.0 Å². The summed E-state index contributed by atoms with van der Waals surface area (Å²) in [5.41, 5.74) is 5.62. The van der Waals surface area contributed by atoms with Crippen LogP contribution in [-0.4, -0.2) is 16.5 Å². The molecule has 1 atom stereocenters. The molecule has 7 heteroatoms. The number of rotatable bonds is 4. The van der Waals surface area contributed by atoms with Gasteiger partial charge in [0.2, 0.25) is 0 Å². The molecular weight excluding hydrogens is 350 g/mol. The molecule has 6 nitrogen and oxygen atoms in total. The van der Waals surface area contributed by atoms with E-state index in [1.807, 2.05) is 6.07 Å². The summed E-state index contributed by atoms with van der Waals surface area (Å²) in [6, 6.07) is 6.89. The Morgan fingerprint density at radius 3 is 2.88 bits per heavy atom. The van der Waals surface area contributed by atoms with Gasteiger partial charge in [0.05, 0.1) is 15.5 Å². The first-order valence-corrected chi connectivity index (χ1v) is 9.38. The van der Waals surface area contributed by atoms with Crippen molar-refractivity contribution in [1.29, 1.82) is 0 Å². The minimum Gasteiger partial charge on any atom is -0.266 e. The highest BCUT2D eigenvalue weighted by atomic mass is 32.1. The molecule has 0 saturated heterocycles. The number of fused-ring (bicyclic) bond motifs is 1. The average molecular weight is 371 g/mol. The van der Waals surface area contributed by atoms with Crippen molar-refractivity contribution in [3.8, 4) is 0 Å². The number of nitro benzene ring substituents is 1. The van der Waals surface area contributed by atoms with Crippen LogP contribution in [0, 0.1) is 23.0 Å². The van der Waals surface area contributed by atoms with Crippen LogP contribution in [-0.2, 0) is 12.8 Å². The van der Waals surface area contributed by atoms with Crippen molar-refractivity contribution in [3.05, 3.63) is 60.8 Å². The van der Waals surface area contributed by atoms with Crippen LogP contribution in [0.2, 0.25) is 0 Å². The quantitative estimate of drug-likeness (QED) is 0.495. The number of nitro groups is 1. The smallest absolute Gasteiger partial charge is 0.266 e. The zero-order valence-electron chi connectivity index (χ0n) is 15.0. The van der Waals surface area contributed by atoms with Gasteiger partial charge in [0, 0.05) is 22.1 Å². The molecule has 0 saturated carbocycles. The predicted molar refractivity (Wildman–Crippen MR) is 103 cm³/mol. The standard InChI is InChI=1S/C19H21N3O3S/c1-11-4-7-17-15(8-11)10-18(26-17)19(23)21-20-13(3)14-6-5-12(2)16(9-14)22(24)25/h5-6,9-11H,4,7-8H2,1-3H3,(H,21,23)/b20-13-/t11-/m0/s1. The van der Waals surface area contributed by atoms with Crippen molar-refractivity contribution < 1.29 is 9.72 Å². The number of hydrazone groups is 1. The third-order valence-electron chi connectivity index (χ3n) is 4.70. The summed E-state index contributed by atoms with van der Waals surface area (Å²) in [6.45, 7) is 5.64. The number of carbonyl (C=O) groups is 1. The fraction of sp³-hybridized carbons (Fsp3) is 0.368. The number of nitrogens with zero attached hydrogens (tertiary/aromatic N) is 2. The van der Waals surface area contributed by atoms with Gasteiger partial charge in [-0.1, -0.05) is 19.1 Å². The third-order valence-corrected chi connectivity index (χ3v) is 5.94. The lowest BCUT2D eigenvalue weighted by Gasteiger charge is -2.16. The lowest BCUT2D eigenvalue weighted by atomic mass is 9.90. The summed E-state index contributed by atoms with van der Waals surface area (Å²) >= 11 is 1.53. The second-order valence-corrected chi connectivity index (χ2v) is 7.94. The monoisotopic (exact) mass is 371 g/mol. The van der Waals surface area contributed by atoms with E-state index in [0.717, 1.165) is 19.3 Å². The number of carbonyl (C=O) groups excluding carboxylic acids is 1. The number of hydrogen-bond donors (Lipinski definition) is 1. The molecule has 0 unspecified atom stereocenters. The molecule has 1 amide bonds. The van der Waals surface area contributed by atoms with Gasteiger partial charge in [-0.15, -0.1) is 11.3 Å². The Morgan fingerprint density at radius 1 is 1.38 bits per heavy atom. The minimum atomic E-state index is -0.415. The van der Waals surface area contributed by atoms with Crippen LogP contribution in [0.5, 0.6) is 0 Å². The van der Waals surface area contributed by atoms with Crippen molar-refractivity contribution in [3.63, 3.8) is 0 Å². The second kappa shape index (κ2) is 7.37. The largest absolute Gasteiger partial charge is 0.281 e. The molecule has 0 spiro atoms. The zero-order chi connectivity index (χ0) is 18.8. The molecule has 0 aliphatic heterocycles. The van der Waals surface area contributed by atoms with E-state index < -0.39 is 4.92 Å². The van der Waals surface area contributed by atoms with Gasteiger partial charge in [0.1, 0.15) is 0 Å². The molecule has 1 aliphatic rings. The highest BCUT2D eigenvalue weighted by Gasteiger charge is 2.20. The van der Waals surface area contributed by atoms with Gasteiger partial charge in [-0.05, 0) is 50.7 Å². The first-order chi connectivity index (χ1) is 12.3. The molecule has 1 N–H and O–H groups in total. The molecule has 1 aromatic carbocycles. The number of aryl methyl sites for hydroxylation is 2. The van der Waals surface area contributed by atoms with Gasteiger partial charge >= 0.3 is 0 Å². The topological polar surface area (TPSA) is 84.6 Å². The molecule has 0 fully saturated rings. The van der Waals surface area contributed by atoms with Crippen molar-refractivity contribution in [2.45, 2.75) is 40.0 Å². The predicted octanol–water partition coefficient (Wildman–Crippen LogP) is 4.24. The summed E-state index contributed by atoms with van der Waals surface area (Å²) in [6.07, 6.45) is 3.22. The molecule has 0 bridgehead atoms. The molecule has 0 radical (unpaired) electrons. The first-order valence-electron chi connectivity index (χ1n) is 8.56. The summed E-state index contributed by atoms with van der Waals surface area (Å²) in [5, 5.41) is 15.2. The lowest BCUT2D eigenvalue weighted by molar-refractivity contribution is -0.385. The van der Waals surface area contributed by atoms with Gasteiger partial charge in [0.25, 0.3) is 11.6 Å². The summed E-state index contributed by atoms with van der Waals surface area (Å²) < 4.78 is 0. The summed E-state index contributed by atoms with van der Waals surface area (Å²) in [7, 11) is 0. The van der Waals surface area contributed by atoms with Crippen molar-refractivity contribution >= 4 is 28.6 Å². The fourth-order valence-electron chi connectivity index (χ4n) is 3.10. The Balaban J connectivity index is 1.74.